The number of nitrogens with one attached hydrogen (secondary N) is 1. The van der Waals surface area contributed by atoms with Gasteiger partial charge in [0.15, 0.2) is 0 Å². The van der Waals surface area contributed by atoms with Crippen LogP contribution in [-0.2, 0) is 11.2 Å². The minimum absolute atomic E-state index is 0.0689. The number of carbonyl (C=O) groups excluding carboxylic acids is 1. The fourth-order valence-corrected chi connectivity index (χ4v) is 6.40. The molecule has 0 aliphatic carbocycles. The highest BCUT2D eigenvalue weighted by Crippen LogP contribution is 2.32. The number of anilines is 1. The van der Waals surface area contributed by atoms with Gasteiger partial charge in [0.05, 0.1) is 36.1 Å². The molecule has 12 heteroatoms. The van der Waals surface area contributed by atoms with Crippen LogP contribution in [0, 0.1) is 17.6 Å². The summed E-state index contributed by atoms with van der Waals surface area (Å²) in [5.41, 5.74) is 9.52. The third-order valence-electron chi connectivity index (χ3n) is 8.32. The van der Waals surface area contributed by atoms with Crippen molar-refractivity contribution in [1.29, 1.82) is 0 Å². The minimum atomic E-state index is -0.683. The van der Waals surface area contributed by atoms with E-state index in [1.54, 1.807) is 47.2 Å². The molecule has 3 N–H and O–H groups in total. The Hall–Kier alpha value is -4.16. The Morgan fingerprint density at radius 3 is 2.64 bits per heavy atom. The molecule has 0 radical (unpaired) electrons. The van der Waals surface area contributed by atoms with Gasteiger partial charge in [-0.1, -0.05) is 26.8 Å². The highest BCUT2D eigenvalue weighted by molar-refractivity contribution is 5.68. The van der Waals surface area contributed by atoms with Crippen LogP contribution in [0.3, 0.4) is 0 Å². The van der Waals surface area contributed by atoms with E-state index in [0.717, 1.165) is 11.3 Å². The number of rotatable bonds is 8. The van der Waals surface area contributed by atoms with Gasteiger partial charge in [-0.15, -0.1) is 0 Å². The lowest BCUT2D eigenvalue weighted by atomic mass is 9.88. The smallest absolute Gasteiger partial charge is 0.409 e. The number of nitrogens with two attached hydrogens (primary N) is 1. The Labute approximate surface area is 256 Å². The molecule has 3 aromatic heterocycles. The number of hydrogen-bond donors (Lipinski definition) is 2. The second kappa shape index (κ2) is 12.8. The lowest BCUT2D eigenvalue weighted by Gasteiger charge is -2.45. The number of piperidine rings is 1. The first kappa shape index (κ1) is 31.3. The molecule has 0 saturated carbocycles. The summed E-state index contributed by atoms with van der Waals surface area (Å²) in [7, 11) is 3.07. The fourth-order valence-electron chi connectivity index (χ4n) is 6.40. The minimum Gasteiger partial charge on any atom is -0.453 e. The molecule has 1 amide bonds. The number of imidazole rings is 1. The standard InChI is InChI=1S/C32H40F2N8O2/c1-18(2)38-20(4)23-8-9-24(33)29(30(23)34)26-10-7-22-15-37-28(42(22)39-26)13-21-14-36-12-11-27(21)41-16-19(3)31(25(35)17-41)40(5)32(43)44-6/h7-12,14-15,18-20,25,31,38H,13,16-17,35H2,1-6H3/t19-,20?,25+,31-/m0/s1. The Balaban J connectivity index is 1.45. The number of nitrogens with zero attached hydrogens (tertiary/aromatic N) is 6. The van der Waals surface area contributed by atoms with Crippen molar-refractivity contribution in [3.05, 3.63) is 77.5 Å². The molecule has 4 atom stereocenters. The summed E-state index contributed by atoms with van der Waals surface area (Å²) >= 11 is 0. The average molecular weight is 607 g/mol. The van der Waals surface area contributed by atoms with Gasteiger partial charge in [0.2, 0.25) is 0 Å². The maximum Gasteiger partial charge on any atom is 0.409 e. The Bertz CT molecular complexity index is 1630. The summed E-state index contributed by atoms with van der Waals surface area (Å²) in [6, 6.07) is 7.41. The highest BCUT2D eigenvalue weighted by Gasteiger charge is 2.38. The zero-order chi connectivity index (χ0) is 31.7. The summed E-state index contributed by atoms with van der Waals surface area (Å²) < 4.78 is 37.4. The van der Waals surface area contributed by atoms with E-state index in [9.17, 15) is 4.79 Å². The number of amides is 1. The monoisotopic (exact) mass is 606 g/mol. The number of aromatic nitrogens is 4. The number of hydrogen-bond acceptors (Lipinski definition) is 8. The van der Waals surface area contributed by atoms with Crippen molar-refractivity contribution in [3.63, 3.8) is 0 Å². The average Bonchev–Trinajstić information content (AvgIpc) is 3.38. The number of benzene rings is 1. The van der Waals surface area contributed by atoms with Gasteiger partial charge < -0.3 is 25.6 Å². The molecular formula is C32H40F2N8O2. The molecular weight excluding hydrogens is 566 g/mol. The first-order chi connectivity index (χ1) is 21.0. The van der Waals surface area contributed by atoms with Crippen LogP contribution < -0.4 is 16.0 Å². The molecule has 1 aromatic carbocycles. The van der Waals surface area contributed by atoms with Crippen LogP contribution in [-0.4, -0.2) is 75.9 Å². The van der Waals surface area contributed by atoms with Crippen LogP contribution in [0.1, 0.15) is 50.7 Å². The number of fused-ring (bicyclic) bond motifs is 1. The van der Waals surface area contributed by atoms with E-state index in [-0.39, 0.29) is 41.3 Å². The third-order valence-corrected chi connectivity index (χ3v) is 8.32. The zero-order valence-electron chi connectivity index (χ0n) is 26.0. The molecule has 1 aliphatic heterocycles. The SMILES string of the molecule is COC(=O)N(C)[C@@H]1[C@H](N)CN(c2ccncc2Cc2ncc3ccc(-c4c(F)ccc(C(C)NC(C)C)c4F)nn23)C[C@@H]1C. The summed E-state index contributed by atoms with van der Waals surface area (Å²) in [5, 5.41) is 7.93. The summed E-state index contributed by atoms with van der Waals surface area (Å²) in [6.07, 6.45) is 5.16. The van der Waals surface area contributed by atoms with Crippen molar-refractivity contribution in [3.8, 4) is 11.3 Å². The molecule has 1 saturated heterocycles. The van der Waals surface area contributed by atoms with Crippen LogP contribution in [0.15, 0.2) is 48.9 Å². The highest BCUT2D eigenvalue weighted by atomic mass is 19.1. The molecule has 44 heavy (non-hydrogen) atoms. The van der Waals surface area contributed by atoms with E-state index in [0.29, 0.717) is 36.4 Å². The number of pyridine rings is 1. The topological polar surface area (TPSA) is 114 Å². The first-order valence-corrected chi connectivity index (χ1v) is 14.8. The van der Waals surface area contributed by atoms with E-state index in [4.69, 9.17) is 10.5 Å². The van der Waals surface area contributed by atoms with Crippen LogP contribution in [0.25, 0.3) is 16.8 Å². The van der Waals surface area contributed by atoms with Crippen molar-refractivity contribution in [1.82, 2.24) is 29.8 Å². The lowest BCUT2D eigenvalue weighted by Crippen LogP contribution is -2.62. The largest absolute Gasteiger partial charge is 0.453 e. The second-order valence-electron chi connectivity index (χ2n) is 11.9. The van der Waals surface area contributed by atoms with Crippen LogP contribution in [0.2, 0.25) is 0 Å². The maximum atomic E-state index is 15.8. The van der Waals surface area contributed by atoms with Gasteiger partial charge in [-0.25, -0.2) is 23.1 Å². The van der Waals surface area contributed by atoms with Crippen molar-refractivity contribution < 1.29 is 18.3 Å². The lowest BCUT2D eigenvalue weighted by molar-refractivity contribution is 0.0905. The van der Waals surface area contributed by atoms with Crippen molar-refractivity contribution in [2.24, 2.45) is 11.7 Å². The Kier molecular flexibility index (Phi) is 9.12. The second-order valence-corrected chi connectivity index (χ2v) is 11.9. The van der Waals surface area contributed by atoms with Crippen LogP contribution in [0.5, 0.6) is 0 Å². The normalized spacial score (nSPS) is 19.4. The van der Waals surface area contributed by atoms with Crippen LogP contribution in [0.4, 0.5) is 19.3 Å². The van der Waals surface area contributed by atoms with Gasteiger partial charge in [-0.3, -0.25) is 4.98 Å². The molecule has 234 valence electrons. The van der Waals surface area contributed by atoms with Gasteiger partial charge in [0.1, 0.15) is 17.5 Å². The number of ether oxygens (including phenoxy) is 1. The van der Waals surface area contributed by atoms with E-state index in [1.165, 1.54) is 19.2 Å². The zero-order valence-corrected chi connectivity index (χ0v) is 26.0. The Morgan fingerprint density at radius 2 is 1.93 bits per heavy atom. The van der Waals surface area contributed by atoms with Gasteiger partial charge in [0.25, 0.3) is 0 Å². The molecule has 5 rings (SSSR count). The van der Waals surface area contributed by atoms with E-state index < -0.39 is 17.7 Å². The number of likely N-dealkylation sites (N-methyl/N-ethyl adjacent to an activating group) is 1. The van der Waals surface area contributed by atoms with Gasteiger partial charge in [-0.05, 0) is 37.1 Å². The van der Waals surface area contributed by atoms with Gasteiger partial charge in [-0.2, -0.15) is 5.10 Å². The van der Waals surface area contributed by atoms with Gasteiger partial charge >= 0.3 is 6.09 Å². The predicted molar refractivity (Wildman–Crippen MR) is 165 cm³/mol. The summed E-state index contributed by atoms with van der Waals surface area (Å²) in [4.78, 5) is 24.9. The first-order valence-electron chi connectivity index (χ1n) is 14.8. The molecule has 0 spiro atoms. The van der Waals surface area contributed by atoms with Crippen molar-refractivity contribution in [2.45, 2.75) is 58.3 Å². The van der Waals surface area contributed by atoms with E-state index >= 15 is 8.78 Å². The number of carbonyl (C=O) groups is 1. The third kappa shape index (κ3) is 6.09. The van der Waals surface area contributed by atoms with Crippen molar-refractivity contribution >= 4 is 17.3 Å². The fraction of sp³-hybridized carbons (Fsp3) is 0.438. The summed E-state index contributed by atoms with van der Waals surface area (Å²) in [5.74, 6) is -0.655. The summed E-state index contributed by atoms with van der Waals surface area (Å²) in [6.45, 7) is 9.06. The number of halogens is 2. The maximum absolute atomic E-state index is 15.8. The Morgan fingerprint density at radius 1 is 1.16 bits per heavy atom. The predicted octanol–water partition coefficient (Wildman–Crippen LogP) is 4.57. The van der Waals surface area contributed by atoms with Crippen molar-refractivity contribution in [2.75, 3.05) is 32.1 Å². The molecule has 0 bridgehead atoms. The molecule has 4 aromatic rings. The van der Waals surface area contributed by atoms with E-state index in [2.05, 4.69) is 32.2 Å². The molecule has 1 unspecified atom stereocenters. The van der Waals surface area contributed by atoms with Gasteiger partial charge in [0, 0.05) is 73.9 Å². The molecule has 1 aliphatic rings. The van der Waals surface area contributed by atoms with Crippen LogP contribution >= 0.6 is 0 Å². The van der Waals surface area contributed by atoms with E-state index in [1.807, 2.05) is 26.8 Å². The molecule has 4 heterocycles. The number of methoxy groups -OCH3 is 1. The quantitative estimate of drug-likeness (QED) is 0.300. The molecule has 1 fully saturated rings. The molecule has 10 nitrogen and oxygen atoms in total.